The van der Waals surface area contributed by atoms with Gasteiger partial charge in [0, 0.05) is 40.8 Å². The zero-order valence-electron chi connectivity index (χ0n) is 17.9. The lowest BCUT2D eigenvalue weighted by atomic mass is 9.93. The van der Waals surface area contributed by atoms with Crippen LogP contribution in [0.3, 0.4) is 0 Å². The quantitative estimate of drug-likeness (QED) is 0.495. The summed E-state index contributed by atoms with van der Waals surface area (Å²) in [5, 5.41) is 15.0. The van der Waals surface area contributed by atoms with E-state index in [4.69, 9.17) is 4.42 Å². The maximum absolute atomic E-state index is 12.5. The lowest BCUT2D eigenvalue weighted by Gasteiger charge is -2.20. The molecule has 1 aromatic carbocycles. The van der Waals surface area contributed by atoms with E-state index in [1.54, 1.807) is 6.92 Å². The third kappa shape index (κ3) is 5.15. The summed E-state index contributed by atoms with van der Waals surface area (Å²) in [6.07, 6.45) is 2.06. The number of aryl methyl sites for hydroxylation is 1. The molecule has 164 valence electrons. The zero-order chi connectivity index (χ0) is 22.8. The van der Waals surface area contributed by atoms with Crippen molar-refractivity contribution in [3.63, 3.8) is 0 Å². The van der Waals surface area contributed by atoms with Crippen molar-refractivity contribution in [3.8, 4) is 0 Å². The number of benzene rings is 1. The minimum Gasteiger partial charge on any atom is -0.455 e. The molecule has 10 nitrogen and oxygen atoms in total. The summed E-state index contributed by atoms with van der Waals surface area (Å²) in [7, 11) is 0. The predicted molar refractivity (Wildman–Crippen MR) is 114 cm³/mol. The van der Waals surface area contributed by atoms with Gasteiger partial charge in [-0.2, -0.15) is 5.10 Å². The van der Waals surface area contributed by atoms with Crippen molar-refractivity contribution in [2.24, 2.45) is 5.10 Å². The van der Waals surface area contributed by atoms with Gasteiger partial charge in [0.1, 0.15) is 5.76 Å². The van der Waals surface area contributed by atoms with Crippen molar-refractivity contribution in [1.29, 1.82) is 0 Å². The molecule has 0 atom stereocenters. The Morgan fingerprint density at radius 3 is 2.42 bits per heavy atom. The van der Waals surface area contributed by atoms with E-state index < -0.39 is 10.8 Å². The molecule has 1 aliphatic carbocycles. The minimum atomic E-state index is -0.530. The van der Waals surface area contributed by atoms with Gasteiger partial charge in [-0.1, -0.05) is 0 Å². The summed E-state index contributed by atoms with van der Waals surface area (Å²) < 4.78 is 5.81. The average molecular weight is 427 g/mol. The second kappa shape index (κ2) is 8.68. The molecule has 2 aromatic rings. The number of hydrazone groups is 1. The predicted octanol–water partition coefficient (Wildman–Crippen LogP) is 3.00. The summed E-state index contributed by atoms with van der Waals surface area (Å²) in [5.74, 6) is 0.00476. The lowest BCUT2D eigenvalue weighted by Crippen LogP contribution is -2.48. The first kappa shape index (κ1) is 22.2. The van der Waals surface area contributed by atoms with E-state index in [9.17, 15) is 19.7 Å². The number of carbonyl (C=O) groups is 2. The number of nitrogens with one attached hydrogen (secondary N) is 3. The number of nitro groups is 1. The van der Waals surface area contributed by atoms with Gasteiger partial charge in [0.25, 0.3) is 11.6 Å². The fraction of sp³-hybridized carbons (Fsp3) is 0.381. The van der Waals surface area contributed by atoms with Gasteiger partial charge >= 0.3 is 5.91 Å². The van der Waals surface area contributed by atoms with Gasteiger partial charge in [0.05, 0.1) is 10.6 Å². The molecule has 1 aromatic heterocycles. The Morgan fingerprint density at radius 1 is 1.13 bits per heavy atom. The molecule has 0 aliphatic heterocycles. The highest BCUT2D eigenvalue weighted by atomic mass is 16.6. The van der Waals surface area contributed by atoms with Crippen molar-refractivity contribution in [3.05, 3.63) is 62.6 Å². The van der Waals surface area contributed by atoms with Crippen LogP contribution in [-0.2, 0) is 6.42 Å². The maximum Gasteiger partial charge on any atom is 0.301 e. The Balaban J connectivity index is 1.78. The number of fused-ring (bicyclic) bond motifs is 1. The van der Waals surface area contributed by atoms with Crippen LogP contribution in [0.25, 0.3) is 0 Å². The Morgan fingerprint density at radius 2 is 1.81 bits per heavy atom. The highest BCUT2D eigenvalue weighted by Gasteiger charge is 2.28. The van der Waals surface area contributed by atoms with E-state index in [1.807, 2.05) is 20.8 Å². The molecule has 10 heteroatoms. The van der Waals surface area contributed by atoms with Crippen molar-refractivity contribution in [2.75, 3.05) is 0 Å². The molecule has 1 heterocycles. The summed E-state index contributed by atoms with van der Waals surface area (Å²) in [4.78, 5) is 35.1. The maximum atomic E-state index is 12.5. The third-order valence-corrected chi connectivity index (χ3v) is 4.72. The van der Waals surface area contributed by atoms with Crippen LogP contribution in [0, 0.1) is 17.0 Å². The number of furan rings is 1. The topological polar surface area (TPSA) is 139 Å². The number of hydrogen-bond donors (Lipinski definition) is 3. The molecule has 0 unspecified atom stereocenters. The van der Waals surface area contributed by atoms with Crippen molar-refractivity contribution >= 4 is 23.2 Å². The molecule has 31 heavy (non-hydrogen) atoms. The normalized spacial score (nSPS) is 14.8. The second-order valence-corrected chi connectivity index (χ2v) is 8.34. The first-order chi connectivity index (χ1) is 14.6. The van der Waals surface area contributed by atoms with Gasteiger partial charge in [-0.25, -0.2) is 10.9 Å². The zero-order valence-corrected chi connectivity index (χ0v) is 17.9. The van der Waals surface area contributed by atoms with Crippen LogP contribution in [0.15, 0.2) is 33.8 Å². The van der Waals surface area contributed by atoms with E-state index in [0.29, 0.717) is 29.9 Å². The molecule has 0 fully saturated rings. The van der Waals surface area contributed by atoms with E-state index in [2.05, 4.69) is 21.4 Å². The van der Waals surface area contributed by atoms with Crippen LogP contribution in [-0.4, -0.2) is 28.0 Å². The number of non-ortho nitro benzene ring substituents is 1. The fourth-order valence-electron chi connectivity index (χ4n) is 3.22. The fourth-order valence-corrected chi connectivity index (χ4v) is 3.22. The van der Waals surface area contributed by atoms with Crippen molar-refractivity contribution < 1.29 is 18.9 Å². The number of nitro benzene ring substituents is 1. The molecule has 1 aliphatic rings. The summed E-state index contributed by atoms with van der Waals surface area (Å²) in [6, 6.07) is 5.26. The summed E-state index contributed by atoms with van der Waals surface area (Å²) in [6.45, 7) is 7.55. The van der Waals surface area contributed by atoms with Gasteiger partial charge in [0.15, 0.2) is 5.76 Å². The number of nitrogens with zero attached hydrogens (tertiary/aromatic N) is 2. The van der Waals surface area contributed by atoms with Crippen LogP contribution in [0.2, 0.25) is 0 Å². The van der Waals surface area contributed by atoms with Crippen molar-refractivity contribution in [1.82, 2.24) is 16.3 Å². The first-order valence-electron chi connectivity index (χ1n) is 9.88. The number of amides is 2. The Bertz CT molecular complexity index is 1050. The summed E-state index contributed by atoms with van der Waals surface area (Å²) in [5.41, 5.74) is 9.93. The second-order valence-electron chi connectivity index (χ2n) is 8.34. The number of rotatable bonds is 5. The van der Waals surface area contributed by atoms with E-state index in [0.717, 1.165) is 12.0 Å². The van der Waals surface area contributed by atoms with Crippen LogP contribution < -0.4 is 16.3 Å². The molecule has 0 radical (unpaired) electrons. The van der Waals surface area contributed by atoms with Gasteiger partial charge in [-0.3, -0.25) is 25.1 Å². The molecule has 0 saturated heterocycles. The smallest absolute Gasteiger partial charge is 0.301 e. The monoisotopic (exact) mass is 427 g/mol. The first-order valence-corrected chi connectivity index (χ1v) is 9.88. The SMILES string of the molecule is Cc1c(C(=O)NNC(C)(C)C)oc2c1/C(=N/NC(=O)c1ccc([N+](=O)[O-])cc1)CCC2. The van der Waals surface area contributed by atoms with Gasteiger partial charge in [0.2, 0.25) is 0 Å². The van der Waals surface area contributed by atoms with Crippen LogP contribution in [0.1, 0.15) is 71.4 Å². The molecule has 2 amide bonds. The minimum absolute atomic E-state index is 0.0967. The van der Waals surface area contributed by atoms with Crippen molar-refractivity contribution in [2.45, 2.75) is 52.5 Å². The van der Waals surface area contributed by atoms with Crippen LogP contribution >= 0.6 is 0 Å². The molecular formula is C21H25N5O5. The van der Waals surface area contributed by atoms with E-state index in [-0.39, 0.29) is 28.5 Å². The van der Waals surface area contributed by atoms with Crippen LogP contribution in [0.4, 0.5) is 5.69 Å². The van der Waals surface area contributed by atoms with Gasteiger partial charge in [-0.15, -0.1) is 0 Å². The number of hydrogen-bond acceptors (Lipinski definition) is 7. The molecular weight excluding hydrogens is 402 g/mol. The average Bonchev–Trinajstić information content (AvgIpc) is 3.07. The van der Waals surface area contributed by atoms with Crippen LogP contribution in [0.5, 0.6) is 0 Å². The standard InChI is InChI=1S/C21H25N5O5/c1-12-17-15(22-23-19(27)13-8-10-14(11-9-13)26(29)30)6-5-7-16(17)31-18(12)20(28)24-25-21(2,3)4/h8-11,25H,5-7H2,1-4H3,(H,23,27)(H,24,28)/b22-15+. The van der Waals surface area contributed by atoms with Gasteiger partial charge < -0.3 is 4.42 Å². The Hall–Kier alpha value is -3.53. The largest absolute Gasteiger partial charge is 0.455 e. The molecule has 3 N–H and O–H groups in total. The highest BCUT2D eigenvalue weighted by molar-refractivity contribution is 6.07. The third-order valence-electron chi connectivity index (χ3n) is 4.72. The highest BCUT2D eigenvalue weighted by Crippen LogP contribution is 2.29. The number of hydrazine groups is 1. The number of carbonyl (C=O) groups excluding carboxylic acids is 2. The Labute approximate surface area is 179 Å². The van der Waals surface area contributed by atoms with Gasteiger partial charge in [-0.05, 0) is 52.7 Å². The molecule has 0 saturated carbocycles. The lowest BCUT2D eigenvalue weighted by molar-refractivity contribution is -0.384. The van der Waals surface area contributed by atoms with E-state index >= 15 is 0 Å². The molecule has 0 spiro atoms. The molecule has 3 rings (SSSR count). The molecule has 0 bridgehead atoms. The Kier molecular flexibility index (Phi) is 6.21. The van der Waals surface area contributed by atoms with E-state index in [1.165, 1.54) is 24.3 Å². The summed E-state index contributed by atoms with van der Waals surface area (Å²) >= 11 is 0.